The maximum Gasteiger partial charge on any atom is 0.469 e. The summed E-state index contributed by atoms with van der Waals surface area (Å²) in [6.45, 7) is 3.31. The fraction of sp³-hybridized carbons (Fsp3) is 0.488. The van der Waals surface area contributed by atoms with Crippen molar-refractivity contribution in [3.05, 3.63) is 122 Å². The van der Waals surface area contributed by atoms with Crippen LogP contribution in [-0.4, -0.2) is 41.0 Å². The molecule has 0 amide bonds. The van der Waals surface area contributed by atoms with Crippen LogP contribution in [0.15, 0.2) is 122 Å². The molecule has 290 valence electrons. The number of phosphoric ester groups is 1. The number of ether oxygens (including phenoxy) is 2. The summed E-state index contributed by atoms with van der Waals surface area (Å²) in [6.07, 6.45) is 53.7. The van der Waals surface area contributed by atoms with Gasteiger partial charge >= 0.3 is 19.8 Å². The van der Waals surface area contributed by atoms with Crippen LogP contribution in [0.5, 0.6) is 0 Å². The van der Waals surface area contributed by atoms with Crippen molar-refractivity contribution >= 4 is 19.8 Å². The summed E-state index contributed by atoms with van der Waals surface area (Å²) in [7, 11) is -4.79. The van der Waals surface area contributed by atoms with E-state index in [1.54, 1.807) is 6.08 Å². The predicted octanol–water partition coefficient (Wildman–Crippen LogP) is 11.4. The molecule has 0 saturated heterocycles. The van der Waals surface area contributed by atoms with Gasteiger partial charge in [0.2, 0.25) is 0 Å². The minimum absolute atomic E-state index is 0.0193. The molecule has 0 bridgehead atoms. The number of allylic oxidation sites excluding steroid dienone is 19. The van der Waals surface area contributed by atoms with E-state index in [4.69, 9.17) is 19.3 Å². The highest BCUT2D eigenvalue weighted by Crippen LogP contribution is 2.35. The number of carbonyl (C=O) groups is 2. The van der Waals surface area contributed by atoms with Crippen LogP contribution in [0, 0.1) is 0 Å². The number of carbonyl (C=O) groups excluding carboxylic acids is 2. The van der Waals surface area contributed by atoms with E-state index in [2.05, 4.69) is 122 Å². The van der Waals surface area contributed by atoms with Crippen LogP contribution >= 0.6 is 7.82 Å². The lowest BCUT2D eigenvalue weighted by Gasteiger charge is -2.18. The van der Waals surface area contributed by atoms with Crippen molar-refractivity contribution in [1.82, 2.24) is 0 Å². The number of unbranched alkanes of at least 4 members (excludes halogenated alkanes) is 3. The molecule has 2 N–H and O–H groups in total. The molecule has 0 aromatic carbocycles. The second-order valence-corrected chi connectivity index (χ2v) is 13.0. The van der Waals surface area contributed by atoms with E-state index in [0.717, 1.165) is 77.0 Å². The van der Waals surface area contributed by atoms with Gasteiger partial charge in [-0.25, -0.2) is 4.57 Å². The van der Waals surface area contributed by atoms with Crippen molar-refractivity contribution in [3.8, 4) is 0 Å². The van der Waals surface area contributed by atoms with Crippen molar-refractivity contribution in [2.24, 2.45) is 0 Å². The zero-order valence-electron chi connectivity index (χ0n) is 31.6. The van der Waals surface area contributed by atoms with E-state index in [0.29, 0.717) is 12.8 Å². The van der Waals surface area contributed by atoms with E-state index in [1.807, 2.05) is 12.2 Å². The van der Waals surface area contributed by atoms with Gasteiger partial charge in [-0.1, -0.05) is 142 Å². The monoisotopic (exact) mass is 740 g/mol. The minimum atomic E-state index is -4.79. The van der Waals surface area contributed by atoms with Gasteiger partial charge in [0.1, 0.15) is 6.61 Å². The van der Waals surface area contributed by atoms with Gasteiger partial charge in [0.15, 0.2) is 6.10 Å². The smallest absolute Gasteiger partial charge is 0.461 e. The van der Waals surface area contributed by atoms with Crippen molar-refractivity contribution < 1.29 is 37.9 Å². The molecule has 0 spiro atoms. The van der Waals surface area contributed by atoms with E-state index in [9.17, 15) is 14.2 Å². The Kier molecular flexibility index (Phi) is 34.7. The molecule has 1 unspecified atom stereocenters. The van der Waals surface area contributed by atoms with Crippen molar-refractivity contribution in [1.29, 1.82) is 0 Å². The van der Waals surface area contributed by atoms with Crippen molar-refractivity contribution in [2.75, 3.05) is 13.2 Å². The SMILES string of the molecule is CC/C=C\C/C=C\C/C=C\C/C=C\C/C=C\CCCCCC(=O)OC(COC(=O)C/C=C\C/C=C\C/C=C\C/C=C\C/C=C\CC)COP(=O)(O)O. The fourth-order valence-corrected chi connectivity index (χ4v) is 4.65. The third-order valence-corrected chi connectivity index (χ3v) is 7.49. The Balaban J connectivity index is 4.20. The topological polar surface area (TPSA) is 119 Å². The third kappa shape index (κ3) is 39.2. The normalized spacial score (nSPS) is 13.8. The third-order valence-electron chi connectivity index (χ3n) is 7.01. The van der Waals surface area contributed by atoms with Crippen LogP contribution in [0.2, 0.25) is 0 Å². The van der Waals surface area contributed by atoms with E-state index >= 15 is 0 Å². The van der Waals surface area contributed by atoms with Gasteiger partial charge in [0.05, 0.1) is 13.0 Å². The summed E-state index contributed by atoms with van der Waals surface area (Å²) in [5.74, 6) is -1.09. The Bertz CT molecular complexity index is 1240. The Morgan fingerprint density at radius 2 is 0.923 bits per heavy atom. The van der Waals surface area contributed by atoms with E-state index < -0.39 is 32.5 Å². The molecule has 0 heterocycles. The van der Waals surface area contributed by atoms with Crippen LogP contribution in [0.25, 0.3) is 0 Å². The molecule has 0 aromatic heterocycles. The van der Waals surface area contributed by atoms with Gasteiger partial charge in [-0.05, 0) is 83.5 Å². The first-order valence-electron chi connectivity index (χ1n) is 18.8. The zero-order valence-corrected chi connectivity index (χ0v) is 32.5. The van der Waals surface area contributed by atoms with Gasteiger partial charge in [-0.2, -0.15) is 0 Å². The van der Waals surface area contributed by atoms with Crippen molar-refractivity contribution in [3.63, 3.8) is 0 Å². The molecule has 0 aliphatic carbocycles. The molecule has 1 atom stereocenters. The maximum absolute atomic E-state index is 12.4. The summed E-state index contributed by atoms with van der Waals surface area (Å²) in [6, 6.07) is 0. The van der Waals surface area contributed by atoms with E-state index in [-0.39, 0.29) is 19.4 Å². The second-order valence-electron chi connectivity index (χ2n) is 11.8. The summed E-state index contributed by atoms with van der Waals surface area (Å²) in [5.41, 5.74) is 0. The molecule has 0 saturated carbocycles. The minimum Gasteiger partial charge on any atom is -0.461 e. The van der Waals surface area contributed by atoms with Gasteiger partial charge < -0.3 is 19.3 Å². The summed E-state index contributed by atoms with van der Waals surface area (Å²) in [4.78, 5) is 42.7. The van der Waals surface area contributed by atoms with E-state index in [1.165, 1.54) is 0 Å². The highest BCUT2D eigenvalue weighted by atomic mass is 31.2. The average molecular weight is 741 g/mol. The molecule has 0 fully saturated rings. The lowest BCUT2D eigenvalue weighted by molar-refractivity contribution is -0.160. The highest BCUT2D eigenvalue weighted by molar-refractivity contribution is 7.46. The number of rotatable bonds is 32. The lowest BCUT2D eigenvalue weighted by Crippen LogP contribution is -2.29. The maximum atomic E-state index is 12.4. The number of hydrogen-bond acceptors (Lipinski definition) is 6. The standard InChI is InChI=1S/C43H65O8P/c1-3-5-7-9-11-13-15-17-19-20-21-22-24-26-28-30-32-34-36-38-43(45)51-41(40-50-52(46,47)48)39-49-42(44)37-35-33-31-29-27-25-23-18-16-14-12-10-8-6-4-2/h5-8,11-14,17-19,21-23,26-29,33,35,41H,3-4,9-10,15-16,20,24-25,30-32,34,36-40H2,1-2H3,(H2,46,47,48)/b7-5-,8-6-,13-11-,14-12-,19-17-,22-21-,23-18-,28-26-,29-27-,35-33-. The van der Waals surface area contributed by atoms with Gasteiger partial charge in [0, 0.05) is 6.42 Å². The van der Waals surface area contributed by atoms with Crippen LogP contribution in [0.4, 0.5) is 0 Å². The Morgan fingerprint density at radius 3 is 1.35 bits per heavy atom. The molecule has 0 aliphatic heterocycles. The van der Waals surface area contributed by atoms with Gasteiger partial charge in [-0.15, -0.1) is 0 Å². The first kappa shape index (κ1) is 48.5. The molecule has 9 heteroatoms. The Morgan fingerprint density at radius 1 is 0.519 bits per heavy atom. The zero-order chi connectivity index (χ0) is 38.2. The fourth-order valence-electron chi connectivity index (χ4n) is 4.29. The first-order chi connectivity index (χ1) is 25.3. The predicted molar refractivity (Wildman–Crippen MR) is 215 cm³/mol. The lowest BCUT2D eigenvalue weighted by atomic mass is 10.1. The number of esters is 2. The van der Waals surface area contributed by atoms with Crippen molar-refractivity contribution in [2.45, 2.75) is 123 Å². The Labute approximate surface area is 314 Å². The number of hydrogen-bond donors (Lipinski definition) is 2. The summed E-state index contributed by atoms with van der Waals surface area (Å²) in [5, 5.41) is 0. The summed E-state index contributed by atoms with van der Waals surface area (Å²) >= 11 is 0. The molecule has 8 nitrogen and oxygen atoms in total. The number of phosphoric acid groups is 1. The van der Waals surface area contributed by atoms with Crippen LogP contribution in [-0.2, 0) is 28.2 Å². The molecular formula is C43H65O8P. The Hall–Kier alpha value is -3.55. The second kappa shape index (κ2) is 37.2. The molecule has 0 radical (unpaired) electrons. The average Bonchev–Trinajstić information content (AvgIpc) is 3.11. The largest absolute Gasteiger partial charge is 0.469 e. The van der Waals surface area contributed by atoms with Crippen LogP contribution < -0.4 is 0 Å². The van der Waals surface area contributed by atoms with Crippen LogP contribution in [0.1, 0.15) is 117 Å². The highest BCUT2D eigenvalue weighted by Gasteiger charge is 2.22. The van der Waals surface area contributed by atoms with Crippen LogP contribution in [0.3, 0.4) is 0 Å². The van der Waals surface area contributed by atoms with Gasteiger partial charge in [-0.3, -0.25) is 14.1 Å². The quantitative estimate of drug-likeness (QED) is 0.0303. The molecule has 0 aromatic rings. The molecule has 0 aliphatic rings. The first-order valence-corrected chi connectivity index (χ1v) is 20.4. The molecule has 52 heavy (non-hydrogen) atoms. The molecule has 0 rings (SSSR count). The summed E-state index contributed by atoms with van der Waals surface area (Å²) < 4.78 is 26.2. The van der Waals surface area contributed by atoms with Gasteiger partial charge in [0.25, 0.3) is 0 Å². The molecular weight excluding hydrogens is 675 g/mol.